The highest BCUT2D eigenvalue weighted by Crippen LogP contribution is 2.31. The number of benzene rings is 2. The Morgan fingerprint density at radius 3 is 2.38 bits per heavy atom. The quantitative estimate of drug-likeness (QED) is 0.498. The Kier molecular flexibility index (Phi) is 7.51. The molecule has 0 radical (unpaired) electrons. The lowest BCUT2D eigenvalue weighted by atomic mass is 10.1. The van der Waals surface area contributed by atoms with Gasteiger partial charge >= 0.3 is 12.1 Å². The molecule has 34 heavy (non-hydrogen) atoms. The van der Waals surface area contributed by atoms with Crippen molar-refractivity contribution in [3.63, 3.8) is 0 Å². The summed E-state index contributed by atoms with van der Waals surface area (Å²) in [5, 5.41) is 2.65. The number of hydrogen-bond donors (Lipinski definition) is 1. The van der Waals surface area contributed by atoms with E-state index in [9.17, 15) is 27.6 Å². The molecule has 0 aliphatic rings. The maximum Gasteiger partial charge on any atom is 0.405 e. The lowest BCUT2D eigenvalue weighted by Gasteiger charge is -2.09. The van der Waals surface area contributed by atoms with Gasteiger partial charge in [-0.2, -0.15) is 13.2 Å². The minimum absolute atomic E-state index is 0.317. The molecule has 3 rings (SSSR count). The van der Waals surface area contributed by atoms with Gasteiger partial charge in [0.2, 0.25) is 0 Å². The number of aromatic nitrogens is 1. The molecule has 0 unspecified atom stereocenters. The van der Waals surface area contributed by atoms with Gasteiger partial charge in [0, 0.05) is 21.7 Å². The summed E-state index contributed by atoms with van der Waals surface area (Å²) in [5.41, 5.74) is 1.80. The molecule has 0 saturated heterocycles. The largest absolute Gasteiger partial charge is 0.497 e. The Morgan fingerprint density at radius 1 is 1.09 bits per heavy atom. The van der Waals surface area contributed by atoms with Crippen molar-refractivity contribution in [1.29, 1.82) is 0 Å². The van der Waals surface area contributed by atoms with Gasteiger partial charge in [0.05, 0.1) is 19.0 Å². The molecule has 2 aromatic carbocycles. The van der Waals surface area contributed by atoms with Crippen molar-refractivity contribution in [2.45, 2.75) is 19.5 Å². The average molecular weight is 497 g/mol. The fourth-order valence-corrected chi connectivity index (χ4v) is 3.51. The molecule has 0 aliphatic carbocycles. The average Bonchev–Trinajstić information content (AvgIpc) is 3.06. The number of amides is 1. The fourth-order valence-electron chi connectivity index (χ4n) is 3.39. The first-order valence-corrected chi connectivity index (χ1v) is 10.3. The van der Waals surface area contributed by atoms with Crippen LogP contribution in [0.1, 0.15) is 21.6 Å². The highest BCUT2D eigenvalue weighted by Gasteiger charge is 2.28. The van der Waals surface area contributed by atoms with Crippen LogP contribution in [-0.2, 0) is 20.7 Å². The van der Waals surface area contributed by atoms with Crippen molar-refractivity contribution in [3.05, 3.63) is 64.3 Å². The minimum atomic E-state index is -4.58. The van der Waals surface area contributed by atoms with E-state index >= 15 is 0 Å². The minimum Gasteiger partial charge on any atom is -0.497 e. The first kappa shape index (κ1) is 25.1. The van der Waals surface area contributed by atoms with Gasteiger partial charge in [0.25, 0.3) is 11.8 Å². The maximum atomic E-state index is 13.2. The summed E-state index contributed by atoms with van der Waals surface area (Å²) in [6.45, 7) is -0.735. The second-order valence-electron chi connectivity index (χ2n) is 7.32. The summed E-state index contributed by atoms with van der Waals surface area (Å²) >= 11 is 5.91. The van der Waals surface area contributed by atoms with Crippen LogP contribution in [0.5, 0.6) is 5.75 Å². The molecule has 0 atom stereocenters. The molecular formula is C23H20ClF3N2O5. The highest BCUT2D eigenvalue weighted by molar-refractivity contribution is 6.30. The Bertz CT molecular complexity index is 1240. The molecular weight excluding hydrogens is 477 g/mol. The number of carbonyl (C=O) groups is 3. The summed E-state index contributed by atoms with van der Waals surface area (Å²) in [7, 11) is 1.47. The number of nitrogens with zero attached hydrogens (tertiary/aromatic N) is 1. The molecule has 0 saturated carbocycles. The zero-order chi connectivity index (χ0) is 25.0. The van der Waals surface area contributed by atoms with E-state index in [4.69, 9.17) is 21.1 Å². The molecule has 0 fully saturated rings. The normalized spacial score (nSPS) is 11.4. The lowest BCUT2D eigenvalue weighted by Crippen LogP contribution is -2.36. The number of ether oxygens (including phenoxy) is 2. The number of nitrogens with one attached hydrogen (secondary N) is 1. The van der Waals surface area contributed by atoms with Crippen LogP contribution in [0.3, 0.4) is 0 Å². The summed E-state index contributed by atoms with van der Waals surface area (Å²) in [5.74, 6) is -1.78. The fraction of sp³-hybridized carbons (Fsp3) is 0.261. The van der Waals surface area contributed by atoms with Crippen LogP contribution in [0.25, 0.3) is 10.9 Å². The van der Waals surface area contributed by atoms with Crippen LogP contribution in [0.2, 0.25) is 5.02 Å². The number of rotatable bonds is 7. The van der Waals surface area contributed by atoms with E-state index in [0.29, 0.717) is 38.5 Å². The first-order valence-electron chi connectivity index (χ1n) is 9.97. The second kappa shape index (κ2) is 10.2. The van der Waals surface area contributed by atoms with Gasteiger partial charge in [-0.05, 0) is 55.0 Å². The smallest absolute Gasteiger partial charge is 0.405 e. The molecule has 1 N–H and O–H groups in total. The molecule has 11 heteroatoms. The van der Waals surface area contributed by atoms with E-state index in [1.165, 1.54) is 11.7 Å². The summed E-state index contributed by atoms with van der Waals surface area (Å²) < 4.78 is 48.1. The zero-order valence-corrected chi connectivity index (χ0v) is 18.9. The predicted octanol–water partition coefficient (Wildman–Crippen LogP) is 4.06. The summed E-state index contributed by atoms with van der Waals surface area (Å²) in [4.78, 5) is 37.2. The number of esters is 1. The van der Waals surface area contributed by atoms with E-state index in [1.54, 1.807) is 54.7 Å². The highest BCUT2D eigenvalue weighted by atomic mass is 35.5. The van der Waals surface area contributed by atoms with Crippen LogP contribution in [0.4, 0.5) is 13.2 Å². The van der Waals surface area contributed by atoms with Crippen LogP contribution in [0, 0.1) is 6.92 Å². The standard InChI is InChI=1S/C23H20ClF3N2O5/c1-13-17(10-21(31)34-11-20(30)28-12-23(25,26)27)18-9-16(33-2)7-8-19(18)29(13)22(32)14-3-5-15(24)6-4-14/h3-9H,10-12H2,1-2H3,(H,28,30). The van der Waals surface area contributed by atoms with Crippen molar-refractivity contribution in [2.75, 3.05) is 20.3 Å². The molecule has 3 aromatic rings. The predicted molar refractivity (Wildman–Crippen MR) is 118 cm³/mol. The molecule has 1 amide bonds. The summed E-state index contributed by atoms with van der Waals surface area (Å²) in [6.07, 6.45) is -4.89. The molecule has 1 aromatic heterocycles. The van der Waals surface area contributed by atoms with Crippen molar-refractivity contribution >= 4 is 40.3 Å². The molecule has 0 aliphatic heterocycles. The van der Waals surface area contributed by atoms with E-state index < -0.39 is 31.2 Å². The van der Waals surface area contributed by atoms with E-state index in [0.717, 1.165) is 0 Å². The van der Waals surface area contributed by atoms with Crippen molar-refractivity contribution in [2.24, 2.45) is 0 Å². The van der Waals surface area contributed by atoms with Crippen LogP contribution >= 0.6 is 11.6 Å². The lowest BCUT2D eigenvalue weighted by molar-refractivity contribution is -0.150. The second-order valence-corrected chi connectivity index (χ2v) is 7.76. The first-order chi connectivity index (χ1) is 16.0. The van der Waals surface area contributed by atoms with Crippen LogP contribution in [0.15, 0.2) is 42.5 Å². The topological polar surface area (TPSA) is 86.6 Å². The van der Waals surface area contributed by atoms with Gasteiger partial charge in [-0.3, -0.25) is 19.0 Å². The Labute approximate surface area is 197 Å². The Morgan fingerprint density at radius 2 is 1.76 bits per heavy atom. The van der Waals surface area contributed by atoms with Crippen molar-refractivity contribution < 1.29 is 37.0 Å². The third-order valence-electron chi connectivity index (χ3n) is 5.01. The Balaban J connectivity index is 1.87. The van der Waals surface area contributed by atoms with Gasteiger partial charge < -0.3 is 14.8 Å². The third-order valence-corrected chi connectivity index (χ3v) is 5.26. The van der Waals surface area contributed by atoms with Gasteiger partial charge in [-0.25, -0.2) is 0 Å². The number of halogens is 4. The van der Waals surface area contributed by atoms with Gasteiger partial charge in [0.15, 0.2) is 6.61 Å². The third kappa shape index (κ3) is 5.88. The number of carbonyl (C=O) groups excluding carboxylic acids is 3. The molecule has 1 heterocycles. The summed E-state index contributed by atoms with van der Waals surface area (Å²) in [6, 6.07) is 11.3. The number of hydrogen-bond acceptors (Lipinski definition) is 5. The van der Waals surface area contributed by atoms with E-state index in [1.807, 2.05) is 0 Å². The van der Waals surface area contributed by atoms with E-state index in [-0.39, 0.29) is 12.3 Å². The molecule has 7 nitrogen and oxygen atoms in total. The van der Waals surface area contributed by atoms with Crippen LogP contribution in [-0.4, -0.2) is 48.8 Å². The van der Waals surface area contributed by atoms with E-state index in [2.05, 4.69) is 0 Å². The number of methoxy groups -OCH3 is 1. The van der Waals surface area contributed by atoms with Gasteiger partial charge in [-0.15, -0.1) is 0 Å². The molecule has 0 bridgehead atoms. The Hall–Kier alpha value is -3.53. The van der Waals surface area contributed by atoms with Gasteiger partial charge in [-0.1, -0.05) is 11.6 Å². The zero-order valence-electron chi connectivity index (χ0n) is 18.2. The monoisotopic (exact) mass is 496 g/mol. The SMILES string of the molecule is COc1ccc2c(c1)c(CC(=O)OCC(=O)NCC(F)(F)F)c(C)n2C(=O)c1ccc(Cl)cc1. The maximum absolute atomic E-state index is 13.2. The molecule has 180 valence electrons. The van der Waals surface area contributed by atoms with Crippen molar-refractivity contribution in [3.8, 4) is 5.75 Å². The number of alkyl halides is 3. The molecule has 0 spiro atoms. The van der Waals surface area contributed by atoms with Crippen molar-refractivity contribution in [1.82, 2.24) is 9.88 Å². The number of fused-ring (bicyclic) bond motifs is 1. The van der Waals surface area contributed by atoms with Gasteiger partial charge in [0.1, 0.15) is 12.3 Å². The van der Waals surface area contributed by atoms with Crippen LogP contribution < -0.4 is 10.1 Å².